The predicted molar refractivity (Wildman–Crippen MR) is 92.4 cm³/mol. The van der Waals surface area contributed by atoms with Crippen molar-refractivity contribution in [2.45, 2.75) is 4.34 Å². The Hall–Kier alpha value is -2.38. The van der Waals surface area contributed by atoms with Crippen LogP contribution in [0.1, 0.15) is 10.4 Å². The Balaban J connectivity index is 1.49. The summed E-state index contributed by atoms with van der Waals surface area (Å²) in [6, 6.07) is 16.5. The van der Waals surface area contributed by atoms with Gasteiger partial charge in [0.25, 0.3) is 5.91 Å². The van der Waals surface area contributed by atoms with Gasteiger partial charge in [-0.3, -0.25) is 20.4 Å². The minimum Gasteiger partial charge on any atom is -0.272 e. The average Bonchev–Trinajstić information content (AvgIpc) is 3.01. The Morgan fingerprint density at radius 2 is 1.74 bits per heavy atom. The second-order valence-corrected chi connectivity index (χ2v) is 6.86. The maximum Gasteiger partial charge on any atom is 0.269 e. The van der Waals surface area contributed by atoms with Crippen molar-refractivity contribution in [3.63, 3.8) is 0 Å². The summed E-state index contributed by atoms with van der Waals surface area (Å²) in [4.78, 5) is 28.0. The van der Waals surface area contributed by atoms with Crippen molar-refractivity contribution < 1.29 is 9.59 Å². The first kappa shape index (κ1) is 15.5. The molecule has 3 aromatic rings. The van der Waals surface area contributed by atoms with Crippen LogP contribution in [0, 0.1) is 0 Å². The smallest absolute Gasteiger partial charge is 0.269 e. The molecule has 0 unspecified atom stereocenters. The minimum absolute atomic E-state index is 0.189. The summed E-state index contributed by atoms with van der Waals surface area (Å²) in [7, 11) is 0. The normalized spacial score (nSPS) is 10.4. The third kappa shape index (κ3) is 4.08. The Morgan fingerprint density at radius 1 is 1.00 bits per heavy atom. The SMILES string of the molecule is O=C(CSc1nc2ccccc2s1)NNC(=O)c1ccccc1. The van der Waals surface area contributed by atoms with E-state index < -0.39 is 0 Å². The number of aromatic nitrogens is 1. The summed E-state index contributed by atoms with van der Waals surface area (Å²) in [6.07, 6.45) is 0. The van der Waals surface area contributed by atoms with Crippen molar-refractivity contribution in [2.75, 3.05) is 5.75 Å². The van der Waals surface area contributed by atoms with E-state index in [1.165, 1.54) is 11.8 Å². The Bertz CT molecular complexity index is 800. The van der Waals surface area contributed by atoms with Gasteiger partial charge in [0.1, 0.15) is 0 Å². The van der Waals surface area contributed by atoms with Gasteiger partial charge >= 0.3 is 0 Å². The zero-order chi connectivity index (χ0) is 16.1. The molecule has 0 fully saturated rings. The van der Waals surface area contributed by atoms with Crippen LogP contribution in [-0.2, 0) is 4.79 Å². The molecule has 7 heteroatoms. The van der Waals surface area contributed by atoms with Crippen LogP contribution >= 0.6 is 23.1 Å². The minimum atomic E-state index is -0.344. The molecule has 0 atom stereocenters. The van der Waals surface area contributed by atoms with E-state index in [1.807, 2.05) is 30.3 Å². The molecule has 0 spiro atoms. The van der Waals surface area contributed by atoms with Gasteiger partial charge in [0, 0.05) is 5.56 Å². The van der Waals surface area contributed by atoms with Crippen molar-refractivity contribution in [2.24, 2.45) is 0 Å². The topological polar surface area (TPSA) is 71.1 Å². The number of thiazole rings is 1. The van der Waals surface area contributed by atoms with E-state index in [2.05, 4.69) is 15.8 Å². The number of nitrogens with zero attached hydrogens (tertiary/aromatic N) is 1. The number of para-hydroxylation sites is 1. The van der Waals surface area contributed by atoms with Crippen LogP contribution in [0.25, 0.3) is 10.2 Å². The maximum absolute atomic E-state index is 11.8. The van der Waals surface area contributed by atoms with E-state index in [4.69, 9.17) is 0 Å². The second kappa shape index (κ2) is 7.26. The Kier molecular flexibility index (Phi) is 4.89. The lowest BCUT2D eigenvalue weighted by Crippen LogP contribution is -2.42. The fourth-order valence-electron chi connectivity index (χ4n) is 1.86. The van der Waals surface area contributed by atoms with Crippen LogP contribution in [-0.4, -0.2) is 22.6 Å². The van der Waals surface area contributed by atoms with Crippen molar-refractivity contribution in [3.8, 4) is 0 Å². The molecule has 2 N–H and O–H groups in total. The highest BCUT2D eigenvalue weighted by Gasteiger charge is 2.09. The zero-order valence-corrected chi connectivity index (χ0v) is 13.6. The quantitative estimate of drug-likeness (QED) is 0.564. The second-order valence-electron chi connectivity index (χ2n) is 4.60. The molecular formula is C16H13N3O2S2. The summed E-state index contributed by atoms with van der Waals surface area (Å²) in [5.74, 6) is -0.433. The van der Waals surface area contributed by atoms with Crippen LogP contribution in [0.4, 0.5) is 0 Å². The van der Waals surface area contributed by atoms with Gasteiger partial charge in [-0.1, -0.05) is 42.1 Å². The van der Waals surface area contributed by atoms with Crippen molar-refractivity contribution in [3.05, 3.63) is 60.2 Å². The highest BCUT2D eigenvalue weighted by Crippen LogP contribution is 2.28. The number of fused-ring (bicyclic) bond motifs is 1. The van der Waals surface area contributed by atoms with E-state index in [-0.39, 0.29) is 17.6 Å². The number of carbonyl (C=O) groups excluding carboxylic acids is 2. The monoisotopic (exact) mass is 343 g/mol. The lowest BCUT2D eigenvalue weighted by atomic mass is 10.2. The molecule has 23 heavy (non-hydrogen) atoms. The lowest BCUT2D eigenvalue weighted by molar-refractivity contribution is -0.119. The van der Waals surface area contributed by atoms with Crippen LogP contribution < -0.4 is 10.9 Å². The van der Waals surface area contributed by atoms with Crippen LogP contribution in [0.2, 0.25) is 0 Å². The van der Waals surface area contributed by atoms with Crippen LogP contribution in [0.5, 0.6) is 0 Å². The first-order valence-corrected chi connectivity index (χ1v) is 8.65. The molecule has 0 aliphatic heterocycles. The number of hydrazine groups is 1. The van der Waals surface area contributed by atoms with Gasteiger partial charge in [0.05, 0.1) is 16.0 Å². The van der Waals surface area contributed by atoms with E-state index in [9.17, 15) is 9.59 Å². The summed E-state index contributed by atoms with van der Waals surface area (Å²) in [5, 5.41) is 0. The number of benzene rings is 2. The molecule has 5 nitrogen and oxygen atoms in total. The van der Waals surface area contributed by atoms with Crippen LogP contribution in [0.15, 0.2) is 58.9 Å². The molecule has 2 amide bonds. The molecule has 0 saturated carbocycles. The average molecular weight is 343 g/mol. The standard InChI is InChI=1S/C16H13N3O2S2/c20-14(18-19-15(21)11-6-2-1-3-7-11)10-22-16-17-12-8-4-5-9-13(12)23-16/h1-9H,10H2,(H,18,20)(H,19,21). The van der Waals surface area contributed by atoms with E-state index >= 15 is 0 Å². The highest BCUT2D eigenvalue weighted by molar-refractivity contribution is 8.01. The van der Waals surface area contributed by atoms with Gasteiger partial charge < -0.3 is 0 Å². The van der Waals surface area contributed by atoms with Gasteiger partial charge in [0.15, 0.2) is 4.34 Å². The Morgan fingerprint density at radius 3 is 2.52 bits per heavy atom. The first-order chi connectivity index (χ1) is 11.2. The molecule has 0 saturated heterocycles. The summed E-state index contributed by atoms with van der Waals surface area (Å²) in [6.45, 7) is 0. The molecule has 3 rings (SSSR count). The number of rotatable bonds is 4. The number of carbonyl (C=O) groups is 2. The summed E-state index contributed by atoms with van der Waals surface area (Å²) < 4.78 is 1.92. The van der Waals surface area contributed by atoms with E-state index in [1.54, 1.807) is 35.6 Å². The molecule has 1 heterocycles. The van der Waals surface area contributed by atoms with Gasteiger partial charge in [-0.2, -0.15) is 0 Å². The van der Waals surface area contributed by atoms with Crippen molar-refractivity contribution in [1.29, 1.82) is 0 Å². The van der Waals surface area contributed by atoms with Crippen LogP contribution in [0.3, 0.4) is 0 Å². The number of thioether (sulfide) groups is 1. The molecule has 0 aliphatic rings. The molecule has 0 radical (unpaired) electrons. The molecule has 2 aromatic carbocycles. The predicted octanol–water partition coefficient (Wildman–Crippen LogP) is 2.85. The van der Waals surface area contributed by atoms with Gasteiger partial charge in [-0.25, -0.2) is 4.98 Å². The fourth-order valence-corrected chi connectivity index (χ4v) is 3.73. The maximum atomic E-state index is 11.8. The molecular weight excluding hydrogens is 330 g/mol. The van der Waals surface area contributed by atoms with Gasteiger partial charge in [0.2, 0.25) is 5.91 Å². The third-order valence-corrected chi connectivity index (χ3v) is 5.13. The number of hydrogen-bond donors (Lipinski definition) is 2. The fraction of sp³-hybridized carbons (Fsp3) is 0.0625. The first-order valence-electron chi connectivity index (χ1n) is 6.85. The van der Waals surface area contributed by atoms with Gasteiger partial charge in [-0.15, -0.1) is 11.3 Å². The largest absolute Gasteiger partial charge is 0.272 e. The van der Waals surface area contributed by atoms with E-state index in [0.29, 0.717) is 5.56 Å². The number of amides is 2. The van der Waals surface area contributed by atoms with Gasteiger partial charge in [-0.05, 0) is 24.3 Å². The van der Waals surface area contributed by atoms with E-state index in [0.717, 1.165) is 14.6 Å². The molecule has 0 aliphatic carbocycles. The Labute approximate surface area is 141 Å². The third-order valence-electron chi connectivity index (χ3n) is 2.95. The van der Waals surface area contributed by atoms with Crippen molar-refractivity contribution in [1.82, 2.24) is 15.8 Å². The zero-order valence-electron chi connectivity index (χ0n) is 12.0. The number of nitrogens with one attached hydrogen (secondary N) is 2. The number of hydrogen-bond acceptors (Lipinski definition) is 5. The summed E-state index contributed by atoms with van der Waals surface area (Å²) in [5.41, 5.74) is 6.22. The molecule has 116 valence electrons. The lowest BCUT2D eigenvalue weighted by Gasteiger charge is -2.06. The van der Waals surface area contributed by atoms with Crippen molar-refractivity contribution >= 4 is 45.1 Å². The molecule has 1 aromatic heterocycles. The molecule has 0 bridgehead atoms. The summed E-state index contributed by atoms with van der Waals surface area (Å²) >= 11 is 2.89. The highest BCUT2D eigenvalue weighted by atomic mass is 32.2.